The summed E-state index contributed by atoms with van der Waals surface area (Å²) in [4.78, 5) is 11.9. The Morgan fingerprint density at radius 1 is 0.800 bits per heavy atom. The molecule has 2 heteroatoms. The molecular formula is C18H16O2. The van der Waals surface area contributed by atoms with Gasteiger partial charge in [-0.05, 0) is 23.5 Å². The fraction of sp³-hybridized carbons (Fsp3) is 0.278. The van der Waals surface area contributed by atoms with E-state index in [0.29, 0.717) is 5.92 Å². The predicted octanol–water partition coefficient (Wildman–Crippen LogP) is 3.50. The quantitative estimate of drug-likeness (QED) is 0.776. The largest absolute Gasteiger partial charge is 0.461 e. The van der Waals surface area contributed by atoms with Gasteiger partial charge in [-0.3, -0.25) is 4.79 Å². The van der Waals surface area contributed by atoms with E-state index in [0.717, 1.165) is 6.42 Å². The first-order chi connectivity index (χ1) is 9.84. The monoisotopic (exact) mass is 264 g/mol. The normalized spacial score (nSPS) is 31.3. The highest BCUT2D eigenvalue weighted by Crippen LogP contribution is 2.55. The number of esters is 1. The van der Waals surface area contributed by atoms with Crippen LogP contribution in [0.3, 0.4) is 0 Å². The van der Waals surface area contributed by atoms with Gasteiger partial charge in [0.15, 0.2) is 0 Å². The summed E-state index contributed by atoms with van der Waals surface area (Å²) in [5.74, 6) is 0.648. The Bertz CT molecular complexity index is 620. The van der Waals surface area contributed by atoms with Crippen molar-refractivity contribution < 1.29 is 9.53 Å². The van der Waals surface area contributed by atoms with E-state index in [1.165, 1.54) is 11.1 Å². The molecule has 100 valence electrons. The van der Waals surface area contributed by atoms with Crippen molar-refractivity contribution in [1.29, 1.82) is 0 Å². The Hall–Kier alpha value is -2.09. The van der Waals surface area contributed by atoms with Crippen LogP contribution in [0.2, 0.25) is 0 Å². The van der Waals surface area contributed by atoms with Gasteiger partial charge in [-0.1, -0.05) is 60.7 Å². The minimum absolute atomic E-state index is 0.0257. The molecular weight excluding hydrogens is 248 g/mol. The average Bonchev–Trinajstić information content (AvgIpc) is 2.82. The lowest BCUT2D eigenvalue weighted by Gasteiger charge is -2.33. The Labute approximate surface area is 118 Å². The number of fused-ring (bicyclic) bond motifs is 1. The maximum absolute atomic E-state index is 11.9. The first-order valence-corrected chi connectivity index (χ1v) is 7.15. The fourth-order valence-electron chi connectivity index (χ4n) is 3.76. The predicted molar refractivity (Wildman–Crippen MR) is 76.4 cm³/mol. The van der Waals surface area contributed by atoms with Crippen molar-refractivity contribution >= 4 is 5.97 Å². The summed E-state index contributed by atoms with van der Waals surface area (Å²) in [6.07, 6.45) is 1.05. The van der Waals surface area contributed by atoms with Gasteiger partial charge in [0.1, 0.15) is 12.0 Å². The number of hydrogen-bond acceptors (Lipinski definition) is 2. The maximum Gasteiger partial charge on any atom is 0.313 e. The van der Waals surface area contributed by atoms with Crippen molar-refractivity contribution in [2.24, 2.45) is 5.92 Å². The zero-order chi connectivity index (χ0) is 13.5. The maximum atomic E-state index is 11.9. The molecule has 0 unspecified atom stereocenters. The minimum atomic E-state index is -0.0257. The van der Waals surface area contributed by atoms with Gasteiger partial charge in [-0.25, -0.2) is 0 Å². The van der Waals surface area contributed by atoms with Crippen LogP contribution < -0.4 is 0 Å². The van der Waals surface area contributed by atoms with Crippen molar-refractivity contribution in [1.82, 2.24) is 0 Å². The second-order valence-corrected chi connectivity index (χ2v) is 5.69. The van der Waals surface area contributed by atoms with E-state index in [-0.39, 0.29) is 23.9 Å². The third-order valence-electron chi connectivity index (χ3n) is 4.66. The van der Waals surface area contributed by atoms with Gasteiger partial charge in [-0.2, -0.15) is 0 Å². The Morgan fingerprint density at radius 2 is 1.40 bits per heavy atom. The second kappa shape index (κ2) is 4.48. The summed E-state index contributed by atoms with van der Waals surface area (Å²) in [6.45, 7) is 0. The molecule has 1 heterocycles. The Kier molecular flexibility index (Phi) is 2.62. The first kappa shape index (κ1) is 11.7. The molecule has 2 nitrogen and oxygen atoms in total. The van der Waals surface area contributed by atoms with Crippen LogP contribution in [-0.4, -0.2) is 12.1 Å². The van der Waals surface area contributed by atoms with E-state index in [1.807, 2.05) is 12.1 Å². The van der Waals surface area contributed by atoms with Gasteiger partial charge in [0.25, 0.3) is 0 Å². The number of rotatable bonds is 2. The van der Waals surface area contributed by atoms with Crippen LogP contribution in [-0.2, 0) is 9.53 Å². The topological polar surface area (TPSA) is 26.3 Å². The summed E-state index contributed by atoms with van der Waals surface area (Å²) in [6, 6.07) is 20.9. The van der Waals surface area contributed by atoms with E-state index in [1.54, 1.807) is 0 Å². The first-order valence-electron chi connectivity index (χ1n) is 7.15. The minimum Gasteiger partial charge on any atom is -0.461 e. The summed E-state index contributed by atoms with van der Waals surface area (Å²) in [5.41, 5.74) is 2.57. The highest BCUT2D eigenvalue weighted by atomic mass is 16.6. The van der Waals surface area contributed by atoms with Gasteiger partial charge >= 0.3 is 5.97 Å². The van der Waals surface area contributed by atoms with Crippen LogP contribution in [0.1, 0.15) is 29.4 Å². The standard InChI is InChI=1S/C18H16O2/c19-18-17-15(20-18)11-14(12-7-3-1-4-8-12)16(17)13-9-5-2-6-10-13/h1-10,14-17H,11H2/t14-,15+,16+,17+/m0/s1. The molecule has 0 amide bonds. The molecule has 0 spiro atoms. The van der Waals surface area contributed by atoms with Crippen molar-refractivity contribution in [2.75, 3.05) is 0 Å². The van der Waals surface area contributed by atoms with Gasteiger partial charge in [0.2, 0.25) is 0 Å². The SMILES string of the molecule is O=C1O[C@@H]2C[C@@H](c3ccccc3)[C@@H](c3ccccc3)[C@H]12. The van der Waals surface area contributed by atoms with Crippen LogP contribution >= 0.6 is 0 Å². The molecule has 20 heavy (non-hydrogen) atoms. The highest BCUT2D eigenvalue weighted by Gasteiger charge is 2.56. The van der Waals surface area contributed by atoms with Crippen molar-refractivity contribution in [2.45, 2.75) is 24.4 Å². The molecule has 2 aromatic carbocycles. The number of carbonyl (C=O) groups is 1. The van der Waals surface area contributed by atoms with E-state index in [2.05, 4.69) is 48.5 Å². The van der Waals surface area contributed by atoms with E-state index in [4.69, 9.17) is 4.74 Å². The van der Waals surface area contributed by atoms with Crippen molar-refractivity contribution in [3.8, 4) is 0 Å². The molecule has 1 saturated carbocycles. The molecule has 0 radical (unpaired) electrons. The van der Waals surface area contributed by atoms with Gasteiger partial charge in [-0.15, -0.1) is 0 Å². The molecule has 0 aromatic heterocycles. The average molecular weight is 264 g/mol. The van der Waals surface area contributed by atoms with Crippen LogP contribution in [0.25, 0.3) is 0 Å². The fourth-order valence-corrected chi connectivity index (χ4v) is 3.76. The zero-order valence-corrected chi connectivity index (χ0v) is 11.1. The van der Waals surface area contributed by atoms with Gasteiger partial charge in [0.05, 0.1) is 0 Å². The van der Waals surface area contributed by atoms with Crippen molar-refractivity contribution in [3.05, 3.63) is 71.8 Å². The molecule has 1 saturated heterocycles. The molecule has 0 N–H and O–H groups in total. The summed E-state index contributed by atoms with van der Waals surface area (Å²) >= 11 is 0. The zero-order valence-electron chi connectivity index (χ0n) is 11.1. The highest BCUT2D eigenvalue weighted by molar-refractivity contribution is 5.81. The van der Waals surface area contributed by atoms with Crippen molar-refractivity contribution in [3.63, 3.8) is 0 Å². The third kappa shape index (κ3) is 1.68. The van der Waals surface area contributed by atoms with E-state index in [9.17, 15) is 4.79 Å². The lowest BCUT2D eigenvalue weighted by atomic mass is 9.79. The van der Waals surface area contributed by atoms with Crippen LogP contribution in [0.15, 0.2) is 60.7 Å². The number of hydrogen-bond donors (Lipinski definition) is 0. The number of ether oxygens (including phenoxy) is 1. The smallest absolute Gasteiger partial charge is 0.313 e. The summed E-state index contributed by atoms with van der Waals surface area (Å²) < 4.78 is 5.33. The molecule has 4 rings (SSSR count). The Morgan fingerprint density at radius 3 is 2.00 bits per heavy atom. The third-order valence-corrected chi connectivity index (χ3v) is 4.66. The molecule has 0 bridgehead atoms. The number of carbonyl (C=O) groups excluding carboxylic acids is 1. The molecule has 4 atom stereocenters. The van der Waals surface area contributed by atoms with Crippen LogP contribution in [0.4, 0.5) is 0 Å². The van der Waals surface area contributed by atoms with Gasteiger partial charge < -0.3 is 4.74 Å². The molecule has 2 aliphatic rings. The molecule has 2 fully saturated rings. The second-order valence-electron chi connectivity index (χ2n) is 5.69. The number of benzene rings is 2. The Balaban J connectivity index is 1.76. The summed E-state index contributed by atoms with van der Waals surface area (Å²) in [7, 11) is 0. The van der Waals surface area contributed by atoms with Gasteiger partial charge in [0, 0.05) is 5.92 Å². The van der Waals surface area contributed by atoms with Crippen LogP contribution in [0, 0.1) is 5.92 Å². The lowest BCUT2D eigenvalue weighted by molar-refractivity contribution is -0.181. The lowest BCUT2D eigenvalue weighted by Crippen LogP contribution is -2.43. The van der Waals surface area contributed by atoms with Crippen LogP contribution in [0.5, 0.6) is 0 Å². The summed E-state index contributed by atoms with van der Waals surface area (Å²) in [5, 5.41) is 0. The molecule has 1 aliphatic carbocycles. The van der Waals surface area contributed by atoms with E-state index >= 15 is 0 Å². The molecule has 2 aromatic rings. The van der Waals surface area contributed by atoms with E-state index < -0.39 is 0 Å². The molecule has 1 aliphatic heterocycles.